The third-order valence-electron chi connectivity index (χ3n) is 4.37. The minimum absolute atomic E-state index is 0.426. The summed E-state index contributed by atoms with van der Waals surface area (Å²) < 4.78 is 7.01. The fourth-order valence-corrected chi connectivity index (χ4v) is 3.29. The molecule has 2 heterocycles. The van der Waals surface area contributed by atoms with Crippen molar-refractivity contribution in [3.63, 3.8) is 0 Å². The molecule has 0 atom stereocenters. The molecule has 0 saturated heterocycles. The van der Waals surface area contributed by atoms with Crippen LogP contribution in [0.15, 0.2) is 18.5 Å². The van der Waals surface area contributed by atoms with Crippen molar-refractivity contribution in [2.24, 2.45) is 7.05 Å². The van der Waals surface area contributed by atoms with E-state index < -0.39 is 0 Å². The van der Waals surface area contributed by atoms with Gasteiger partial charge in [-0.05, 0) is 18.9 Å². The van der Waals surface area contributed by atoms with Crippen molar-refractivity contribution in [2.45, 2.75) is 51.2 Å². The van der Waals surface area contributed by atoms with Crippen LogP contribution in [0.5, 0.6) is 0 Å². The molecule has 2 aromatic rings. The first kappa shape index (κ1) is 15.9. The van der Waals surface area contributed by atoms with Gasteiger partial charge >= 0.3 is 0 Å². The number of aromatic nitrogens is 4. The summed E-state index contributed by atoms with van der Waals surface area (Å²) in [5, 5.41) is 8.11. The van der Waals surface area contributed by atoms with E-state index in [0.29, 0.717) is 18.3 Å². The van der Waals surface area contributed by atoms with Crippen molar-refractivity contribution in [3.8, 4) is 0 Å². The Balaban J connectivity index is 1.69. The maximum atomic E-state index is 5.08. The van der Waals surface area contributed by atoms with Gasteiger partial charge in [0.15, 0.2) is 5.82 Å². The molecule has 0 spiro atoms. The van der Waals surface area contributed by atoms with E-state index in [-0.39, 0.29) is 0 Å². The summed E-state index contributed by atoms with van der Waals surface area (Å²) in [6.45, 7) is 1.17. The second-order valence-corrected chi connectivity index (χ2v) is 6.19. The summed E-state index contributed by atoms with van der Waals surface area (Å²) in [7, 11) is 3.65. The number of rotatable bonds is 6. The first-order chi connectivity index (χ1) is 11.3. The Hall–Kier alpha value is -1.95. The monoisotopic (exact) mass is 315 g/mol. The topological polar surface area (TPSA) is 64.9 Å². The highest BCUT2D eigenvalue weighted by Gasteiger charge is 2.21. The van der Waals surface area contributed by atoms with E-state index in [4.69, 9.17) is 9.84 Å². The zero-order valence-electron chi connectivity index (χ0n) is 14.0. The van der Waals surface area contributed by atoms with Crippen LogP contribution < -0.4 is 5.32 Å². The molecule has 1 N–H and O–H groups in total. The van der Waals surface area contributed by atoms with Gasteiger partial charge in [0.25, 0.3) is 0 Å². The number of aryl methyl sites for hydroxylation is 1. The van der Waals surface area contributed by atoms with Gasteiger partial charge in [0.05, 0.1) is 5.69 Å². The second-order valence-electron chi connectivity index (χ2n) is 6.19. The standard InChI is InChI=1S/C17H25N5O/c1-22-11-14(17(21-22)13-6-4-3-5-7-13)10-19-15-8-9-18-16(20-15)12-23-2/h8-9,11,13H,3-7,10,12H2,1-2H3,(H,18,19,20). The van der Waals surface area contributed by atoms with Crippen molar-refractivity contribution in [2.75, 3.05) is 12.4 Å². The van der Waals surface area contributed by atoms with E-state index in [1.807, 2.05) is 17.8 Å². The molecule has 6 nitrogen and oxygen atoms in total. The summed E-state index contributed by atoms with van der Waals surface area (Å²) in [4.78, 5) is 8.64. The molecule has 0 unspecified atom stereocenters. The van der Waals surface area contributed by atoms with Gasteiger partial charge in [0, 0.05) is 44.6 Å². The highest BCUT2D eigenvalue weighted by atomic mass is 16.5. The van der Waals surface area contributed by atoms with Crippen molar-refractivity contribution in [3.05, 3.63) is 35.5 Å². The summed E-state index contributed by atoms with van der Waals surface area (Å²) in [5.41, 5.74) is 2.53. The molecular weight excluding hydrogens is 290 g/mol. The molecule has 3 rings (SSSR count). The first-order valence-electron chi connectivity index (χ1n) is 8.33. The molecule has 1 fully saturated rings. The Labute approximate surface area is 137 Å². The maximum absolute atomic E-state index is 5.08. The second kappa shape index (κ2) is 7.55. The molecule has 0 aliphatic heterocycles. The lowest BCUT2D eigenvalue weighted by Gasteiger charge is -2.21. The number of hydrogen-bond donors (Lipinski definition) is 1. The van der Waals surface area contributed by atoms with Gasteiger partial charge in [-0.25, -0.2) is 9.97 Å². The minimum atomic E-state index is 0.426. The number of anilines is 1. The van der Waals surface area contributed by atoms with E-state index in [9.17, 15) is 0 Å². The van der Waals surface area contributed by atoms with Crippen LogP contribution in [0.3, 0.4) is 0 Å². The smallest absolute Gasteiger partial charge is 0.156 e. The maximum Gasteiger partial charge on any atom is 0.156 e. The largest absolute Gasteiger partial charge is 0.377 e. The molecule has 1 aliphatic carbocycles. The number of hydrogen-bond acceptors (Lipinski definition) is 5. The van der Waals surface area contributed by atoms with Gasteiger partial charge < -0.3 is 10.1 Å². The lowest BCUT2D eigenvalue weighted by molar-refractivity contribution is 0.178. The molecular formula is C17H25N5O. The van der Waals surface area contributed by atoms with Gasteiger partial charge in [-0.3, -0.25) is 4.68 Å². The average molecular weight is 315 g/mol. The molecule has 23 heavy (non-hydrogen) atoms. The summed E-state index contributed by atoms with van der Waals surface area (Å²) in [5.74, 6) is 2.12. The molecule has 0 bridgehead atoms. The van der Waals surface area contributed by atoms with Crippen LogP contribution in [0.4, 0.5) is 5.82 Å². The lowest BCUT2D eigenvalue weighted by atomic mass is 9.85. The van der Waals surface area contributed by atoms with Crippen LogP contribution in [0.1, 0.15) is 55.1 Å². The number of nitrogens with zero attached hydrogens (tertiary/aromatic N) is 4. The van der Waals surface area contributed by atoms with E-state index in [1.54, 1.807) is 13.3 Å². The van der Waals surface area contributed by atoms with Crippen LogP contribution in [0.2, 0.25) is 0 Å². The van der Waals surface area contributed by atoms with Crippen LogP contribution in [-0.4, -0.2) is 26.9 Å². The van der Waals surface area contributed by atoms with Gasteiger partial charge in [0.1, 0.15) is 12.4 Å². The third-order valence-corrected chi connectivity index (χ3v) is 4.37. The molecule has 0 aromatic carbocycles. The van der Waals surface area contributed by atoms with Crippen LogP contribution in [0, 0.1) is 0 Å². The zero-order chi connectivity index (χ0) is 16.1. The minimum Gasteiger partial charge on any atom is -0.377 e. The normalized spacial score (nSPS) is 15.7. The quantitative estimate of drug-likeness (QED) is 0.887. The van der Waals surface area contributed by atoms with Gasteiger partial charge in [-0.15, -0.1) is 0 Å². The van der Waals surface area contributed by atoms with Crippen molar-refractivity contribution >= 4 is 5.82 Å². The molecule has 1 saturated carbocycles. The van der Waals surface area contributed by atoms with Gasteiger partial charge in [-0.2, -0.15) is 5.10 Å². The Morgan fingerprint density at radius 1 is 1.30 bits per heavy atom. The Morgan fingerprint density at radius 3 is 2.91 bits per heavy atom. The van der Waals surface area contributed by atoms with E-state index in [2.05, 4.69) is 21.5 Å². The zero-order valence-corrected chi connectivity index (χ0v) is 14.0. The predicted molar refractivity (Wildman–Crippen MR) is 89.1 cm³/mol. The molecule has 6 heteroatoms. The Morgan fingerprint density at radius 2 is 2.13 bits per heavy atom. The van der Waals surface area contributed by atoms with Crippen molar-refractivity contribution < 1.29 is 4.74 Å². The number of ether oxygens (including phenoxy) is 1. The SMILES string of the molecule is COCc1nccc(NCc2cn(C)nc2C2CCCCC2)n1. The van der Waals surface area contributed by atoms with E-state index >= 15 is 0 Å². The highest BCUT2D eigenvalue weighted by molar-refractivity contribution is 5.35. The molecule has 0 amide bonds. The number of methoxy groups -OCH3 is 1. The summed E-state index contributed by atoms with van der Waals surface area (Å²) >= 11 is 0. The average Bonchev–Trinajstić information content (AvgIpc) is 2.95. The van der Waals surface area contributed by atoms with Crippen LogP contribution in [-0.2, 0) is 24.9 Å². The van der Waals surface area contributed by atoms with Crippen molar-refractivity contribution in [1.29, 1.82) is 0 Å². The third kappa shape index (κ3) is 4.07. The predicted octanol–water partition coefficient (Wildman–Crippen LogP) is 3.02. The molecule has 2 aromatic heterocycles. The summed E-state index contributed by atoms with van der Waals surface area (Å²) in [6.07, 6.45) is 10.4. The highest BCUT2D eigenvalue weighted by Crippen LogP contribution is 2.33. The molecule has 1 aliphatic rings. The van der Waals surface area contributed by atoms with E-state index in [0.717, 1.165) is 12.4 Å². The molecule has 124 valence electrons. The van der Waals surface area contributed by atoms with E-state index in [1.165, 1.54) is 43.4 Å². The Bertz CT molecular complexity index is 634. The van der Waals surface area contributed by atoms with Gasteiger partial charge in [0.2, 0.25) is 0 Å². The van der Waals surface area contributed by atoms with Crippen LogP contribution >= 0.6 is 0 Å². The fraction of sp³-hybridized carbons (Fsp3) is 0.588. The lowest BCUT2D eigenvalue weighted by Crippen LogP contribution is -2.10. The first-order valence-corrected chi connectivity index (χ1v) is 8.33. The summed E-state index contributed by atoms with van der Waals surface area (Å²) in [6, 6.07) is 1.88. The molecule has 0 radical (unpaired) electrons. The van der Waals surface area contributed by atoms with Crippen molar-refractivity contribution in [1.82, 2.24) is 19.7 Å². The fourth-order valence-electron chi connectivity index (χ4n) is 3.29. The van der Waals surface area contributed by atoms with Gasteiger partial charge in [-0.1, -0.05) is 19.3 Å². The number of nitrogens with one attached hydrogen (secondary N) is 1. The van der Waals surface area contributed by atoms with Crippen LogP contribution in [0.25, 0.3) is 0 Å². The Kier molecular flexibility index (Phi) is 5.23.